The number of hydrogen-bond acceptors (Lipinski definition) is 3. The van der Waals surface area contributed by atoms with Gasteiger partial charge in [-0.2, -0.15) is 18.3 Å². The van der Waals surface area contributed by atoms with Gasteiger partial charge in [-0.05, 0) is 17.7 Å². The van der Waals surface area contributed by atoms with Crippen LogP contribution in [0.1, 0.15) is 22.7 Å². The number of halogens is 3. The standard InChI is InChI=1S/C17H19F3N4O/c1-23-10-13(9-22-23)15-11-24(7-6-21-15)16(25)8-12-2-4-14(5-3-12)17(18,19)20/h2-5,9-10,15,21H,6-8,11H2,1H3. The first kappa shape index (κ1) is 17.5. The van der Waals surface area contributed by atoms with Crippen LogP contribution in [0, 0.1) is 0 Å². The molecule has 1 aliphatic heterocycles. The minimum Gasteiger partial charge on any atom is -0.339 e. The van der Waals surface area contributed by atoms with E-state index in [9.17, 15) is 18.0 Å². The predicted molar refractivity (Wildman–Crippen MR) is 85.7 cm³/mol. The summed E-state index contributed by atoms with van der Waals surface area (Å²) in [6.07, 6.45) is -0.598. The Morgan fingerprint density at radius 1 is 1.32 bits per heavy atom. The summed E-state index contributed by atoms with van der Waals surface area (Å²) in [6.45, 7) is 1.76. The van der Waals surface area contributed by atoms with Crippen LogP contribution < -0.4 is 5.32 Å². The number of carbonyl (C=O) groups is 1. The van der Waals surface area contributed by atoms with Gasteiger partial charge in [0.25, 0.3) is 0 Å². The van der Waals surface area contributed by atoms with Gasteiger partial charge in [0.15, 0.2) is 0 Å². The predicted octanol–water partition coefficient (Wildman–Crippen LogP) is 2.15. The Morgan fingerprint density at radius 2 is 2.04 bits per heavy atom. The molecular weight excluding hydrogens is 333 g/mol. The number of hydrogen-bond donors (Lipinski definition) is 1. The van der Waals surface area contributed by atoms with E-state index in [1.807, 2.05) is 13.2 Å². The molecule has 0 radical (unpaired) electrons. The molecule has 3 rings (SSSR count). The highest BCUT2D eigenvalue weighted by Crippen LogP contribution is 2.29. The van der Waals surface area contributed by atoms with Gasteiger partial charge in [-0.3, -0.25) is 9.48 Å². The Balaban J connectivity index is 1.62. The number of aryl methyl sites for hydroxylation is 1. The van der Waals surface area contributed by atoms with Crippen LogP contribution >= 0.6 is 0 Å². The van der Waals surface area contributed by atoms with Crippen LogP contribution in [0.25, 0.3) is 0 Å². The summed E-state index contributed by atoms with van der Waals surface area (Å²) in [5.41, 5.74) is 0.881. The van der Waals surface area contributed by atoms with Gasteiger partial charge in [0, 0.05) is 38.4 Å². The summed E-state index contributed by atoms with van der Waals surface area (Å²) >= 11 is 0. The largest absolute Gasteiger partial charge is 0.416 e. The zero-order valence-corrected chi connectivity index (χ0v) is 13.8. The first-order valence-corrected chi connectivity index (χ1v) is 7.99. The van der Waals surface area contributed by atoms with E-state index in [-0.39, 0.29) is 18.4 Å². The van der Waals surface area contributed by atoms with E-state index in [1.165, 1.54) is 12.1 Å². The van der Waals surface area contributed by atoms with E-state index in [1.54, 1.807) is 15.8 Å². The second-order valence-electron chi connectivity index (χ2n) is 6.17. The van der Waals surface area contributed by atoms with Crippen LogP contribution in [0.2, 0.25) is 0 Å². The highest BCUT2D eigenvalue weighted by Gasteiger charge is 2.30. The Bertz CT molecular complexity index is 739. The number of piperazine rings is 1. The van der Waals surface area contributed by atoms with Crippen LogP contribution in [0.3, 0.4) is 0 Å². The molecule has 0 bridgehead atoms. The normalized spacial score (nSPS) is 18.4. The average Bonchev–Trinajstić information content (AvgIpc) is 3.01. The summed E-state index contributed by atoms with van der Waals surface area (Å²) in [5, 5.41) is 7.49. The van der Waals surface area contributed by atoms with E-state index in [0.717, 1.165) is 17.7 Å². The van der Waals surface area contributed by atoms with Crippen molar-refractivity contribution in [3.8, 4) is 0 Å². The van der Waals surface area contributed by atoms with Crippen molar-refractivity contribution in [1.29, 1.82) is 0 Å². The smallest absolute Gasteiger partial charge is 0.339 e. The molecule has 1 N–H and O–H groups in total. The van der Waals surface area contributed by atoms with Crippen molar-refractivity contribution in [2.45, 2.75) is 18.6 Å². The summed E-state index contributed by atoms with van der Waals surface area (Å²) in [5.74, 6) is -0.0878. The van der Waals surface area contributed by atoms with Crippen LogP contribution in [0.4, 0.5) is 13.2 Å². The molecular formula is C17H19F3N4O. The number of nitrogens with zero attached hydrogens (tertiary/aromatic N) is 3. The zero-order chi connectivity index (χ0) is 18.0. The molecule has 0 spiro atoms. The second kappa shape index (κ2) is 6.87. The lowest BCUT2D eigenvalue weighted by Crippen LogP contribution is -2.48. The fraction of sp³-hybridized carbons (Fsp3) is 0.412. The van der Waals surface area contributed by atoms with Gasteiger partial charge in [0.05, 0.1) is 24.2 Å². The van der Waals surface area contributed by atoms with E-state index in [0.29, 0.717) is 25.2 Å². The summed E-state index contributed by atoms with van der Waals surface area (Å²) < 4.78 is 39.5. The van der Waals surface area contributed by atoms with Gasteiger partial charge >= 0.3 is 6.18 Å². The number of aromatic nitrogens is 2. The lowest BCUT2D eigenvalue weighted by atomic mass is 10.1. The third-order valence-corrected chi connectivity index (χ3v) is 4.29. The van der Waals surface area contributed by atoms with E-state index in [4.69, 9.17) is 0 Å². The third-order valence-electron chi connectivity index (χ3n) is 4.29. The minimum atomic E-state index is -4.36. The van der Waals surface area contributed by atoms with E-state index >= 15 is 0 Å². The van der Waals surface area contributed by atoms with Crippen molar-refractivity contribution in [1.82, 2.24) is 20.0 Å². The monoisotopic (exact) mass is 352 g/mol. The van der Waals surface area contributed by atoms with Crippen molar-refractivity contribution in [3.63, 3.8) is 0 Å². The van der Waals surface area contributed by atoms with Crippen molar-refractivity contribution in [2.24, 2.45) is 7.05 Å². The molecule has 1 aliphatic rings. The maximum atomic E-state index is 12.6. The van der Waals surface area contributed by atoms with Gasteiger partial charge in [-0.15, -0.1) is 0 Å². The Hall–Kier alpha value is -2.35. The molecule has 0 aliphatic carbocycles. The van der Waals surface area contributed by atoms with Crippen LogP contribution in [0.15, 0.2) is 36.7 Å². The molecule has 1 aromatic heterocycles. The molecule has 1 amide bonds. The summed E-state index contributed by atoms with van der Waals surface area (Å²) in [7, 11) is 1.83. The molecule has 5 nitrogen and oxygen atoms in total. The molecule has 0 saturated carbocycles. The Labute approximate surface area is 143 Å². The first-order valence-electron chi connectivity index (χ1n) is 7.99. The van der Waals surface area contributed by atoms with Crippen molar-refractivity contribution in [3.05, 3.63) is 53.3 Å². The van der Waals surface area contributed by atoms with Gasteiger partial charge in [-0.1, -0.05) is 12.1 Å². The number of amides is 1. The third kappa shape index (κ3) is 4.19. The van der Waals surface area contributed by atoms with Crippen LogP contribution in [0.5, 0.6) is 0 Å². The molecule has 1 aromatic carbocycles. The van der Waals surface area contributed by atoms with Gasteiger partial charge in [-0.25, -0.2) is 0 Å². The van der Waals surface area contributed by atoms with E-state index < -0.39 is 11.7 Å². The van der Waals surface area contributed by atoms with Gasteiger partial charge < -0.3 is 10.2 Å². The lowest BCUT2D eigenvalue weighted by Gasteiger charge is -2.33. The maximum absolute atomic E-state index is 12.6. The van der Waals surface area contributed by atoms with E-state index in [2.05, 4.69) is 10.4 Å². The topological polar surface area (TPSA) is 50.2 Å². The second-order valence-corrected chi connectivity index (χ2v) is 6.17. The molecule has 1 atom stereocenters. The molecule has 25 heavy (non-hydrogen) atoms. The van der Waals surface area contributed by atoms with Gasteiger partial charge in [0.1, 0.15) is 0 Å². The lowest BCUT2D eigenvalue weighted by molar-refractivity contribution is -0.137. The van der Waals surface area contributed by atoms with Crippen LogP contribution in [-0.2, 0) is 24.4 Å². The number of carbonyl (C=O) groups excluding carboxylic acids is 1. The molecule has 2 aromatic rings. The SMILES string of the molecule is Cn1cc(C2CN(C(=O)Cc3ccc(C(F)(F)F)cc3)CCN2)cn1. The highest BCUT2D eigenvalue weighted by molar-refractivity contribution is 5.79. The molecule has 1 unspecified atom stereocenters. The molecule has 134 valence electrons. The number of nitrogens with one attached hydrogen (secondary N) is 1. The van der Waals surface area contributed by atoms with Crippen molar-refractivity contribution in [2.75, 3.05) is 19.6 Å². The fourth-order valence-corrected chi connectivity index (χ4v) is 2.92. The van der Waals surface area contributed by atoms with Crippen molar-refractivity contribution >= 4 is 5.91 Å². The molecule has 1 saturated heterocycles. The van der Waals surface area contributed by atoms with Crippen molar-refractivity contribution < 1.29 is 18.0 Å². The molecule has 1 fully saturated rings. The summed E-state index contributed by atoms with van der Waals surface area (Å²) in [4.78, 5) is 14.2. The Morgan fingerprint density at radius 3 is 2.64 bits per heavy atom. The zero-order valence-electron chi connectivity index (χ0n) is 13.8. The van der Waals surface area contributed by atoms with Gasteiger partial charge in [0.2, 0.25) is 5.91 Å². The minimum absolute atomic E-state index is 0.0130. The fourth-order valence-electron chi connectivity index (χ4n) is 2.92. The number of benzene rings is 1. The maximum Gasteiger partial charge on any atom is 0.416 e. The number of rotatable bonds is 3. The van der Waals surface area contributed by atoms with Crippen LogP contribution in [-0.4, -0.2) is 40.2 Å². The average molecular weight is 352 g/mol. The first-order chi connectivity index (χ1) is 11.8. The molecule has 8 heteroatoms. The Kier molecular flexibility index (Phi) is 4.80. The highest BCUT2D eigenvalue weighted by atomic mass is 19.4. The molecule has 2 heterocycles. The quantitative estimate of drug-likeness (QED) is 0.921. The summed E-state index contributed by atoms with van der Waals surface area (Å²) in [6, 6.07) is 4.76. The number of alkyl halides is 3.